The first-order chi connectivity index (χ1) is 20.6. The maximum absolute atomic E-state index is 13.4. The molecule has 0 saturated carbocycles. The van der Waals surface area contributed by atoms with E-state index in [4.69, 9.17) is 4.74 Å². The number of halogens is 4. The number of nitrogens with zero attached hydrogens (tertiary/aromatic N) is 5. The first kappa shape index (κ1) is 29.2. The summed E-state index contributed by atoms with van der Waals surface area (Å²) in [5.41, 5.74) is -0.703. The largest absolute Gasteiger partial charge is 0.481 e. The monoisotopic (exact) mass is 647 g/mol. The first-order valence-corrected chi connectivity index (χ1v) is 13.2. The molecular formula is C30H17BrF3N5O4. The number of aromatic nitrogens is 2. The number of nitro benzene ring substituents is 1. The standard InChI is InChI=1S/C30H17BrF3N5O4/c31-24-12-18(13-26(39(41)42)27(24)43-17-21-7-2-1-6-20(21)15-35)16-36-38-28(19-8-5-9-22(14-19)30(32,33)34)37-25-11-4-3-10-23(25)29(38)40/h1-14,16H,17H2. The van der Waals surface area contributed by atoms with Crippen LogP contribution < -0.4 is 10.3 Å². The van der Waals surface area contributed by atoms with E-state index in [0.717, 1.165) is 23.0 Å². The van der Waals surface area contributed by atoms with Gasteiger partial charge in [-0.1, -0.05) is 42.5 Å². The molecule has 9 nitrogen and oxygen atoms in total. The van der Waals surface area contributed by atoms with Gasteiger partial charge in [0.25, 0.3) is 5.56 Å². The molecule has 0 radical (unpaired) electrons. The molecule has 13 heteroatoms. The Bertz CT molecular complexity index is 2020. The number of alkyl halides is 3. The second-order valence-electron chi connectivity index (χ2n) is 9.06. The number of hydrogen-bond acceptors (Lipinski definition) is 7. The zero-order valence-electron chi connectivity index (χ0n) is 21.7. The molecule has 5 aromatic rings. The molecule has 43 heavy (non-hydrogen) atoms. The molecular weight excluding hydrogens is 631 g/mol. The minimum Gasteiger partial charge on any atom is -0.481 e. The maximum atomic E-state index is 13.4. The van der Waals surface area contributed by atoms with E-state index >= 15 is 0 Å². The molecule has 5 rings (SSSR count). The van der Waals surface area contributed by atoms with Crippen LogP contribution in [-0.2, 0) is 12.8 Å². The average molecular weight is 648 g/mol. The van der Waals surface area contributed by atoms with Gasteiger partial charge in [0.2, 0.25) is 5.75 Å². The van der Waals surface area contributed by atoms with Gasteiger partial charge in [-0.05, 0) is 52.3 Å². The lowest BCUT2D eigenvalue weighted by Crippen LogP contribution is -2.20. The molecule has 0 aliphatic heterocycles. The minimum absolute atomic E-state index is 0.0108. The highest BCUT2D eigenvalue weighted by molar-refractivity contribution is 9.10. The molecule has 1 aromatic heterocycles. The molecule has 0 unspecified atom stereocenters. The molecule has 214 valence electrons. The van der Waals surface area contributed by atoms with Crippen molar-refractivity contribution in [2.45, 2.75) is 12.8 Å². The van der Waals surface area contributed by atoms with Gasteiger partial charge in [0, 0.05) is 22.8 Å². The van der Waals surface area contributed by atoms with Crippen LogP contribution >= 0.6 is 15.9 Å². The predicted octanol–water partition coefficient (Wildman–Crippen LogP) is 7.09. The molecule has 0 aliphatic rings. The maximum Gasteiger partial charge on any atom is 0.416 e. The predicted molar refractivity (Wildman–Crippen MR) is 156 cm³/mol. The molecule has 0 bridgehead atoms. The first-order valence-electron chi connectivity index (χ1n) is 12.4. The molecule has 0 atom stereocenters. The van der Waals surface area contributed by atoms with Gasteiger partial charge < -0.3 is 4.74 Å². The van der Waals surface area contributed by atoms with E-state index in [1.165, 1.54) is 30.3 Å². The SMILES string of the molecule is N#Cc1ccccc1COc1c(Br)cc(C=Nn2c(-c3cccc(C(F)(F)F)c3)nc3ccccc3c2=O)cc1[N+](=O)[O-]. The van der Waals surface area contributed by atoms with Gasteiger partial charge in [-0.2, -0.15) is 28.2 Å². The second kappa shape index (κ2) is 11.9. The summed E-state index contributed by atoms with van der Waals surface area (Å²) in [6.45, 7) is -0.116. The van der Waals surface area contributed by atoms with E-state index in [0.29, 0.717) is 11.1 Å². The molecule has 1 heterocycles. The van der Waals surface area contributed by atoms with Gasteiger partial charge in [-0.15, -0.1) is 0 Å². The second-order valence-corrected chi connectivity index (χ2v) is 9.91. The van der Waals surface area contributed by atoms with Crippen LogP contribution in [0.3, 0.4) is 0 Å². The van der Waals surface area contributed by atoms with Gasteiger partial charge >= 0.3 is 11.9 Å². The third-order valence-electron chi connectivity index (χ3n) is 6.28. The zero-order chi connectivity index (χ0) is 30.7. The molecule has 0 aliphatic carbocycles. The average Bonchev–Trinajstić information content (AvgIpc) is 2.99. The van der Waals surface area contributed by atoms with Crippen molar-refractivity contribution in [3.8, 4) is 23.2 Å². The van der Waals surface area contributed by atoms with Crippen molar-refractivity contribution in [3.05, 3.63) is 132 Å². The topological polar surface area (TPSA) is 123 Å². The highest BCUT2D eigenvalue weighted by atomic mass is 79.9. The van der Waals surface area contributed by atoms with E-state index in [1.54, 1.807) is 42.5 Å². The van der Waals surface area contributed by atoms with Crippen molar-refractivity contribution in [3.63, 3.8) is 0 Å². The third kappa shape index (κ3) is 6.14. The van der Waals surface area contributed by atoms with Gasteiger partial charge in [0.05, 0.1) is 43.7 Å². The van der Waals surface area contributed by atoms with Crippen LogP contribution in [0.15, 0.2) is 99.3 Å². The van der Waals surface area contributed by atoms with E-state index in [9.17, 15) is 33.3 Å². The summed E-state index contributed by atoms with van der Waals surface area (Å²) < 4.78 is 47.1. The van der Waals surface area contributed by atoms with Crippen LogP contribution in [0.5, 0.6) is 5.75 Å². The minimum atomic E-state index is -4.63. The third-order valence-corrected chi connectivity index (χ3v) is 6.87. The molecule has 4 aromatic carbocycles. The highest BCUT2D eigenvalue weighted by Gasteiger charge is 2.31. The Morgan fingerprint density at radius 1 is 1.07 bits per heavy atom. The fraction of sp³-hybridized carbons (Fsp3) is 0.0667. The fourth-order valence-corrected chi connectivity index (χ4v) is 4.82. The fourth-order valence-electron chi connectivity index (χ4n) is 4.23. The summed E-state index contributed by atoms with van der Waals surface area (Å²) in [6.07, 6.45) is -3.48. The number of hydrogen-bond donors (Lipinski definition) is 0. The van der Waals surface area contributed by atoms with Crippen molar-refractivity contribution < 1.29 is 22.8 Å². The van der Waals surface area contributed by atoms with Crippen molar-refractivity contribution >= 4 is 38.7 Å². The van der Waals surface area contributed by atoms with Crippen LogP contribution in [0.25, 0.3) is 22.3 Å². The van der Waals surface area contributed by atoms with E-state index in [-0.39, 0.29) is 44.7 Å². The Kier molecular flexibility index (Phi) is 8.05. The molecule has 0 N–H and O–H groups in total. The van der Waals surface area contributed by atoms with Crippen LogP contribution in [-0.4, -0.2) is 20.8 Å². The Morgan fingerprint density at radius 2 is 1.81 bits per heavy atom. The van der Waals surface area contributed by atoms with E-state index in [2.05, 4.69) is 26.0 Å². The van der Waals surface area contributed by atoms with Crippen molar-refractivity contribution in [1.82, 2.24) is 9.66 Å². The van der Waals surface area contributed by atoms with Crippen molar-refractivity contribution in [2.24, 2.45) is 5.10 Å². The van der Waals surface area contributed by atoms with Crippen LogP contribution in [0.2, 0.25) is 0 Å². The summed E-state index contributed by atoms with van der Waals surface area (Å²) >= 11 is 3.28. The summed E-state index contributed by atoms with van der Waals surface area (Å²) in [6, 6.07) is 21.9. The van der Waals surface area contributed by atoms with Gasteiger partial charge in [0.1, 0.15) is 6.61 Å². The highest BCUT2D eigenvalue weighted by Crippen LogP contribution is 2.37. The lowest BCUT2D eigenvalue weighted by atomic mass is 10.1. The number of nitro groups is 1. The van der Waals surface area contributed by atoms with E-state index in [1.807, 2.05) is 6.07 Å². The summed E-state index contributed by atoms with van der Waals surface area (Å²) in [5.74, 6) is -0.250. The molecule has 0 spiro atoms. The Morgan fingerprint density at radius 3 is 2.56 bits per heavy atom. The zero-order valence-corrected chi connectivity index (χ0v) is 23.3. The van der Waals surface area contributed by atoms with Crippen molar-refractivity contribution in [2.75, 3.05) is 0 Å². The number of para-hydroxylation sites is 1. The number of benzene rings is 4. The van der Waals surface area contributed by atoms with Gasteiger partial charge in [-0.25, -0.2) is 4.98 Å². The number of rotatable bonds is 7. The Balaban J connectivity index is 1.58. The lowest BCUT2D eigenvalue weighted by molar-refractivity contribution is -0.386. The smallest absolute Gasteiger partial charge is 0.416 e. The van der Waals surface area contributed by atoms with E-state index < -0.39 is 27.9 Å². The Hall–Kier alpha value is -5.35. The number of ether oxygens (including phenoxy) is 1. The number of nitriles is 1. The van der Waals surface area contributed by atoms with Crippen LogP contribution in [0, 0.1) is 21.4 Å². The van der Waals surface area contributed by atoms with Crippen molar-refractivity contribution in [1.29, 1.82) is 5.26 Å². The quantitative estimate of drug-likeness (QED) is 0.106. The van der Waals surface area contributed by atoms with Crippen LogP contribution in [0.4, 0.5) is 18.9 Å². The van der Waals surface area contributed by atoms with Crippen LogP contribution in [0.1, 0.15) is 22.3 Å². The Labute approximate surface area is 249 Å². The lowest BCUT2D eigenvalue weighted by Gasteiger charge is -2.12. The molecule has 0 amide bonds. The molecule has 0 fully saturated rings. The summed E-state index contributed by atoms with van der Waals surface area (Å²) in [7, 11) is 0. The van der Waals surface area contributed by atoms with Gasteiger partial charge in [0.15, 0.2) is 5.82 Å². The van der Waals surface area contributed by atoms with Gasteiger partial charge in [-0.3, -0.25) is 14.9 Å². The summed E-state index contributed by atoms with van der Waals surface area (Å²) in [4.78, 5) is 29.1. The normalized spacial score (nSPS) is 11.5. The number of fused-ring (bicyclic) bond motifs is 1. The molecule has 0 saturated heterocycles. The summed E-state index contributed by atoms with van der Waals surface area (Å²) in [5, 5.41) is 25.6.